The smallest absolute Gasteiger partial charge is 0.179 e. The van der Waals surface area contributed by atoms with Crippen molar-refractivity contribution in [2.24, 2.45) is 0 Å². The molecule has 1 aliphatic heterocycles. The van der Waals surface area contributed by atoms with E-state index in [1.807, 2.05) is 29.2 Å². The van der Waals surface area contributed by atoms with E-state index in [4.69, 9.17) is 9.47 Å². The van der Waals surface area contributed by atoms with Gasteiger partial charge in [-0.25, -0.2) is 5.11 Å². The van der Waals surface area contributed by atoms with Gasteiger partial charge in [-0.3, -0.25) is 4.90 Å². The van der Waals surface area contributed by atoms with Crippen molar-refractivity contribution < 1.29 is 14.6 Å². The average molecular weight is 301 g/mol. The molecule has 0 spiro atoms. The summed E-state index contributed by atoms with van der Waals surface area (Å²) in [5.41, 5.74) is 0. The molecule has 0 unspecified atom stereocenters. The van der Waals surface area contributed by atoms with Gasteiger partial charge in [0, 0.05) is 17.6 Å². The molecule has 1 aromatic rings. The normalized spacial score (nSPS) is 18.9. The summed E-state index contributed by atoms with van der Waals surface area (Å²) in [5, 5.41) is 11.2. The molecule has 0 amide bonds. The Morgan fingerprint density at radius 3 is 2.53 bits per heavy atom. The molecule has 4 nitrogen and oxygen atoms in total. The fourth-order valence-electron chi connectivity index (χ4n) is 1.75. The van der Waals surface area contributed by atoms with Crippen LogP contribution in [-0.2, 0) is 9.84 Å². The first-order chi connectivity index (χ1) is 8.29. The van der Waals surface area contributed by atoms with Crippen molar-refractivity contribution in [1.82, 2.24) is 4.90 Å². The topological polar surface area (TPSA) is 41.6 Å². The minimum absolute atomic E-state index is 0.268. The van der Waals surface area contributed by atoms with Crippen LogP contribution in [-0.4, -0.2) is 44.0 Å². The molecule has 1 heterocycles. The van der Waals surface area contributed by atoms with Crippen LogP contribution < -0.4 is 4.74 Å². The molecule has 1 saturated heterocycles. The Bertz CT molecular complexity index is 338. The van der Waals surface area contributed by atoms with E-state index >= 15 is 0 Å². The number of nitrogens with zero attached hydrogens (tertiary/aromatic N) is 1. The highest BCUT2D eigenvalue weighted by atomic mass is 79.9. The molecule has 0 bridgehead atoms. The molecule has 1 aromatic carbocycles. The van der Waals surface area contributed by atoms with E-state index in [0.717, 1.165) is 23.3 Å². The Kier molecular flexibility index (Phi) is 4.79. The van der Waals surface area contributed by atoms with Gasteiger partial charge in [0.05, 0.1) is 13.2 Å². The van der Waals surface area contributed by atoms with Crippen LogP contribution in [0.5, 0.6) is 5.75 Å². The van der Waals surface area contributed by atoms with Crippen molar-refractivity contribution in [3.05, 3.63) is 28.7 Å². The summed E-state index contributed by atoms with van der Waals surface area (Å²) >= 11 is 3.36. The monoisotopic (exact) mass is 300 g/mol. The zero-order valence-corrected chi connectivity index (χ0v) is 11.1. The highest BCUT2D eigenvalue weighted by Gasteiger charge is 2.22. The lowest BCUT2D eigenvalue weighted by atomic mass is 10.3. The van der Waals surface area contributed by atoms with E-state index in [9.17, 15) is 5.11 Å². The standard InChI is InChI=1S/C12H15BrNO3/c13-10-1-3-11(4-2-10)17-12(9-15)14-5-7-16-8-6-14/h1-4,12H,5-9H2/t12-/m1/s1. The minimum Gasteiger partial charge on any atom is -0.473 e. The summed E-state index contributed by atoms with van der Waals surface area (Å²) in [4.78, 5) is 2.03. The Hall–Kier alpha value is -0.620. The van der Waals surface area contributed by atoms with E-state index in [0.29, 0.717) is 13.2 Å². The molecule has 0 N–H and O–H groups in total. The number of benzene rings is 1. The van der Waals surface area contributed by atoms with Gasteiger partial charge >= 0.3 is 0 Å². The van der Waals surface area contributed by atoms with Gasteiger partial charge in [-0.15, -0.1) is 0 Å². The lowest BCUT2D eigenvalue weighted by Crippen LogP contribution is -2.47. The quantitative estimate of drug-likeness (QED) is 0.853. The van der Waals surface area contributed by atoms with Crippen molar-refractivity contribution >= 4 is 15.9 Å². The Labute approximate surface area is 109 Å². The summed E-state index contributed by atoms with van der Waals surface area (Å²) in [7, 11) is 0. The van der Waals surface area contributed by atoms with E-state index in [-0.39, 0.29) is 6.61 Å². The van der Waals surface area contributed by atoms with Crippen molar-refractivity contribution in [1.29, 1.82) is 0 Å². The molecule has 5 heteroatoms. The highest BCUT2D eigenvalue weighted by Crippen LogP contribution is 2.18. The first kappa shape index (κ1) is 12.8. The summed E-state index contributed by atoms with van der Waals surface area (Å²) < 4.78 is 11.9. The van der Waals surface area contributed by atoms with Gasteiger partial charge in [0.2, 0.25) is 0 Å². The van der Waals surface area contributed by atoms with Gasteiger partial charge in [-0.2, -0.15) is 0 Å². The Morgan fingerprint density at radius 2 is 1.94 bits per heavy atom. The molecule has 0 aromatic heterocycles. The maximum absolute atomic E-state index is 11.2. The number of hydrogen-bond donors (Lipinski definition) is 0. The number of hydrogen-bond acceptors (Lipinski definition) is 3. The van der Waals surface area contributed by atoms with Crippen LogP contribution in [0, 0.1) is 0 Å². The van der Waals surface area contributed by atoms with E-state index < -0.39 is 6.23 Å². The van der Waals surface area contributed by atoms with Crippen LogP contribution in [0.15, 0.2) is 28.7 Å². The van der Waals surface area contributed by atoms with E-state index in [1.54, 1.807) is 0 Å². The molecule has 1 aliphatic rings. The van der Waals surface area contributed by atoms with Crippen LogP contribution >= 0.6 is 15.9 Å². The molecule has 0 saturated carbocycles. The van der Waals surface area contributed by atoms with Crippen molar-refractivity contribution in [3.8, 4) is 5.75 Å². The number of halogens is 1. The molecule has 0 aliphatic carbocycles. The fraction of sp³-hybridized carbons (Fsp3) is 0.500. The van der Waals surface area contributed by atoms with Crippen LogP contribution in [0.1, 0.15) is 0 Å². The molecule has 1 radical (unpaired) electrons. The maximum atomic E-state index is 11.2. The maximum Gasteiger partial charge on any atom is 0.179 e. The highest BCUT2D eigenvalue weighted by molar-refractivity contribution is 9.10. The summed E-state index contributed by atoms with van der Waals surface area (Å²) in [5.74, 6) is 0.723. The van der Waals surface area contributed by atoms with Gasteiger partial charge < -0.3 is 9.47 Å². The molecular weight excluding hydrogens is 286 g/mol. The average Bonchev–Trinajstić information content (AvgIpc) is 2.39. The van der Waals surface area contributed by atoms with Gasteiger partial charge in [-0.05, 0) is 24.3 Å². The zero-order chi connectivity index (χ0) is 12.1. The molecule has 17 heavy (non-hydrogen) atoms. The first-order valence-electron chi connectivity index (χ1n) is 5.62. The predicted octanol–water partition coefficient (Wildman–Crippen LogP) is 1.92. The Morgan fingerprint density at radius 1 is 1.29 bits per heavy atom. The van der Waals surface area contributed by atoms with Gasteiger partial charge in [0.15, 0.2) is 6.23 Å². The van der Waals surface area contributed by atoms with Gasteiger partial charge in [-0.1, -0.05) is 15.9 Å². The van der Waals surface area contributed by atoms with Gasteiger partial charge in [0.1, 0.15) is 12.4 Å². The number of morpholine rings is 1. The largest absolute Gasteiger partial charge is 0.473 e. The summed E-state index contributed by atoms with van der Waals surface area (Å²) in [6.07, 6.45) is -0.403. The molecule has 1 fully saturated rings. The van der Waals surface area contributed by atoms with Crippen LogP contribution in [0.25, 0.3) is 0 Å². The fourth-order valence-corrected chi connectivity index (χ4v) is 2.01. The minimum atomic E-state index is -0.403. The molecule has 2 rings (SSSR count). The third-order valence-electron chi connectivity index (χ3n) is 2.68. The van der Waals surface area contributed by atoms with Gasteiger partial charge in [0.25, 0.3) is 0 Å². The SMILES string of the molecule is [O]C[C@@H](Oc1ccc(Br)cc1)N1CCOCC1. The second-order valence-corrected chi connectivity index (χ2v) is 4.76. The van der Waals surface area contributed by atoms with Crippen molar-refractivity contribution in [3.63, 3.8) is 0 Å². The summed E-state index contributed by atoms with van der Waals surface area (Å²) in [6.45, 7) is 2.57. The second kappa shape index (κ2) is 6.35. The Balaban J connectivity index is 1.96. The number of rotatable bonds is 4. The van der Waals surface area contributed by atoms with Crippen LogP contribution in [0.3, 0.4) is 0 Å². The van der Waals surface area contributed by atoms with Crippen LogP contribution in [0.4, 0.5) is 0 Å². The summed E-state index contributed by atoms with van der Waals surface area (Å²) in [6, 6.07) is 7.51. The van der Waals surface area contributed by atoms with E-state index in [2.05, 4.69) is 15.9 Å². The molecule has 93 valence electrons. The second-order valence-electron chi connectivity index (χ2n) is 3.84. The van der Waals surface area contributed by atoms with Crippen LogP contribution in [0.2, 0.25) is 0 Å². The van der Waals surface area contributed by atoms with E-state index in [1.165, 1.54) is 0 Å². The third kappa shape index (κ3) is 3.67. The number of ether oxygens (including phenoxy) is 2. The zero-order valence-electron chi connectivity index (χ0n) is 9.47. The molecular formula is C12H15BrNO3. The van der Waals surface area contributed by atoms with Crippen molar-refractivity contribution in [2.45, 2.75) is 6.23 Å². The third-order valence-corrected chi connectivity index (χ3v) is 3.21. The molecule has 1 atom stereocenters. The predicted molar refractivity (Wildman–Crippen MR) is 66.5 cm³/mol. The van der Waals surface area contributed by atoms with Crippen molar-refractivity contribution in [2.75, 3.05) is 32.9 Å². The lowest BCUT2D eigenvalue weighted by Gasteiger charge is -2.32. The lowest BCUT2D eigenvalue weighted by molar-refractivity contribution is -0.0781. The first-order valence-corrected chi connectivity index (χ1v) is 6.41.